The predicted octanol–water partition coefficient (Wildman–Crippen LogP) is 1.60. The monoisotopic (exact) mass is 116 g/mol. The molecular weight excluding hydrogens is 108 g/mol. The van der Waals surface area contributed by atoms with Crippen molar-refractivity contribution in [2.75, 3.05) is 0 Å². The van der Waals surface area contributed by atoms with E-state index in [2.05, 4.69) is 13.8 Å². The zero-order valence-electron chi connectivity index (χ0n) is 3.78. The van der Waals surface area contributed by atoms with E-state index in [9.17, 15) is 0 Å². The van der Waals surface area contributed by atoms with Gasteiger partial charge in [0.15, 0.2) is 0 Å². The molecule has 0 spiro atoms. The van der Waals surface area contributed by atoms with E-state index in [0.29, 0.717) is 0 Å². The number of allylic oxidation sites excluding steroid dienone is 2. The van der Waals surface area contributed by atoms with Crippen LogP contribution in [0.15, 0.2) is 12.2 Å². The third kappa shape index (κ3) is 8.85. The maximum atomic E-state index is 3.55. The Balaban J connectivity index is 0. The molecule has 0 aliphatic carbocycles. The summed E-state index contributed by atoms with van der Waals surface area (Å²) >= 11 is 0. The van der Waals surface area contributed by atoms with Crippen molar-refractivity contribution in [1.82, 2.24) is 0 Å². The predicted molar refractivity (Wildman–Crippen MR) is 24.5 cm³/mol. The molecule has 0 aromatic heterocycles. The minimum absolute atomic E-state index is 0. The molecule has 0 rings (SSSR count). The summed E-state index contributed by atoms with van der Waals surface area (Å²) in [6.07, 6.45) is 4.50. The van der Waals surface area contributed by atoms with Gasteiger partial charge in [0.1, 0.15) is 0 Å². The van der Waals surface area contributed by atoms with E-state index >= 15 is 0 Å². The summed E-state index contributed by atoms with van der Waals surface area (Å²) in [4.78, 5) is 0. The van der Waals surface area contributed by atoms with E-state index in [0.717, 1.165) is 6.42 Å². The van der Waals surface area contributed by atoms with Crippen molar-refractivity contribution < 1.29 is 21.7 Å². The van der Waals surface area contributed by atoms with Crippen molar-refractivity contribution in [1.29, 1.82) is 0 Å². The molecule has 0 aromatic rings. The van der Waals surface area contributed by atoms with Gasteiger partial charge in [0.25, 0.3) is 0 Å². The van der Waals surface area contributed by atoms with Gasteiger partial charge in [-0.3, -0.25) is 6.08 Å². The second kappa shape index (κ2) is 9.01. The minimum Gasteiger partial charge on any atom is -0.356 e. The first-order valence-corrected chi connectivity index (χ1v) is 1.65. The molecule has 0 radical (unpaired) electrons. The second-order valence-electron chi connectivity index (χ2n) is 0.760. The SMILES string of the molecule is [CH2-]/C=C\C[CH2-].[Ti+2]. The van der Waals surface area contributed by atoms with Gasteiger partial charge in [0.2, 0.25) is 0 Å². The van der Waals surface area contributed by atoms with Gasteiger partial charge in [-0.15, -0.1) is 0 Å². The Morgan fingerprint density at radius 2 is 2.00 bits per heavy atom. The summed E-state index contributed by atoms with van der Waals surface area (Å²) in [5, 5.41) is 0. The molecule has 0 aliphatic heterocycles. The molecule has 0 aliphatic rings. The fourth-order valence-corrected chi connectivity index (χ4v) is 0.118. The van der Waals surface area contributed by atoms with Crippen molar-refractivity contribution in [3.8, 4) is 0 Å². The second-order valence-corrected chi connectivity index (χ2v) is 0.760. The van der Waals surface area contributed by atoms with Gasteiger partial charge < -0.3 is 6.92 Å². The molecule has 6 heavy (non-hydrogen) atoms. The van der Waals surface area contributed by atoms with Crippen LogP contribution in [0.4, 0.5) is 0 Å². The molecule has 0 saturated heterocycles. The van der Waals surface area contributed by atoms with Crippen LogP contribution in [0.5, 0.6) is 0 Å². The maximum absolute atomic E-state index is 3.55. The molecule has 0 heterocycles. The smallest absolute Gasteiger partial charge is 0.356 e. The van der Waals surface area contributed by atoms with Gasteiger partial charge in [-0.2, -0.15) is 0 Å². The average molecular weight is 116 g/mol. The summed E-state index contributed by atoms with van der Waals surface area (Å²) < 4.78 is 0. The molecule has 0 saturated carbocycles. The molecule has 0 unspecified atom stereocenters. The van der Waals surface area contributed by atoms with Gasteiger partial charge >= 0.3 is 21.7 Å². The fraction of sp³-hybridized carbons (Fsp3) is 0.200. The van der Waals surface area contributed by atoms with Gasteiger partial charge in [0.05, 0.1) is 0 Å². The van der Waals surface area contributed by atoms with E-state index in [1.165, 1.54) is 0 Å². The largest absolute Gasteiger partial charge is 2.00 e. The zero-order chi connectivity index (χ0) is 4.12. The van der Waals surface area contributed by atoms with Crippen LogP contribution >= 0.6 is 0 Å². The van der Waals surface area contributed by atoms with E-state index in [1.54, 1.807) is 6.08 Å². The van der Waals surface area contributed by atoms with Crippen LogP contribution in [-0.4, -0.2) is 0 Å². The first-order valence-electron chi connectivity index (χ1n) is 1.65. The van der Waals surface area contributed by atoms with Crippen molar-refractivity contribution in [2.45, 2.75) is 6.42 Å². The van der Waals surface area contributed by atoms with Crippen LogP contribution in [0.3, 0.4) is 0 Å². The van der Waals surface area contributed by atoms with E-state index < -0.39 is 0 Å². The van der Waals surface area contributed by atoms with E-state index in [-0.39, 0.29) is 21.7 Å². The first-order chi connectivity index (χ1) is 2.41. The Hall–Kier alpha value is 0.324. The Labute approximate surface area is 54.5 Å². The van der Waals surface area contributed by atoms with Crippen LogP contribution in [0.1, 0.15) is 6.42 Å². The summed E-state index contributed by atoms with van der Waals surface area (Å²) in [5.74, 6) is 0. The Bertz CT molecular complexity index is 30.9. The van der Waals surface area contributed by atoms with Crippen molar-refractivity contribution in [3.05, 3.63) is 26.0 Å². The van der Waals surface area contributed by atoms with Crippen LogP contribution < -0.4 is 0 Å². The average Bonchev–Trinajstić information content (AvgIpc) is 1.41. The molecule has 0 bridgehead atoms. The summed E-state index contributed by atoms with van der Waals surface area (Å²) in [6.45, 7) is 7.00. The first kappa shape index (κ1) is 9.59. The molecular formula is C5H8Ti. The van der Waals surface area contributed by atoms with Gasteiger partial charge in [-0.25, -0.2) is 19.4 Å². The van der Waals surface area contributed by atoms with Crippen molar-refractivity contribution in [3.63, 3.8) is 0 Å². The Morgan fingerprint density at radius 3 is 2.00 bits per heavy atom. The molecule has 0 N–H and O–H groups in total. The molecule has 1 heteroatoms. The molecule has 0 fully saturated rings. The molecule has 0 amide bonds. The van der Waals surface area contributed by atoms with E-state index in [1.807, 2.05) is 6.08 Å². The van der Waals surface area contributed by atoms with Crippen LogP contribution in [0.2, 0.25) is 0 Å². The molecule has 0 atom stereocenters. The fourth-order valence-electron chi connectivity index (χ4n) is 0.118. The van der Waals surface area contributed by atoms with Gasteiger partial charge in [-0.1, -0.05) is 0 Å². The molecule has 0 nitrogen and oxygen atoms in total. The zero-order valence-corrected chi connectivity index (χ0v) is 5.34. The molecule has 0 aromatic carbocycles. The number of rotatable bonds is 1. The summed E-state index contributed by atoms with van der Waals surface area (Å²) in [5.41, 5.74) is 0. The summed E-state index contributed by atoms with van der Waals surface area (Å²) in [6, 6.07) is 0. The third-order valence-corrected chi connectivity index (χ3v) is 0.333. The Kier molecular flexibility index (Phi) is 14.4. The van der Waals surface area contributed by atoms with Crippen molar-refractivity contribution in [2.24, 2.45) is 0 Å². The van der Waals surface area contributed by atoms with Gasteiger partial charge in [-0.05, 0) is 0 Å². The Morgan fingerprint density at radius 1 is 1.50 bits per heavy atom. The van der Waals surface area contributed by atoms with Crippen LogP contribution in [0.25, 0.3) is 0 Å². The summed E-state index contributed by atoms with van der Waals surface area (Å²) in [7, 11) is 0. The van der Waals surface area contributed by atoms with E-state index in [4.69, 9.17) is 0 Å². The number of hydrogen-bond donors (Lipinski definition) is 0. The normalized spacial score (nSPS) is 8.17. The van der Waals surface area contributed by atoms with Crippen LogP contribution in [0, 0.1) is 13.8 Å². The topological polar surface area (TPSA) is 0 Å². The molecule has 32 valence electrons. The quantitative estimate of drug-likeness (QED) is 0.360. The maximum Gasteiger partial charge on any atom is 2.00 e. The standard InChI is InChI=1S/C5H8.Ti/c1-3-5-4-2;/h3,5H,1-2,4H2;/q-2;+2/b5-3-;. The third-order valence-electron chi connectivity index (χ3n) is 0.333. The van der Waals surface area contributed by atoms with Crippen LogP contribution in [-0.2, 0) is 21.7 Å². The van der Waals surface area contributed by atoms with Crippen molar-refractivity contribution >= 4 is 0 Å². The van der Waals surface area contributed by atoms with Gasteiger partial charge in [0, 0.05) is 0 Å². The number of hydrogen-bond acceptors (Lipinski definition) is 0. The minimum atomic E-state index is 0.